The summed E-state index contributed by atoms with van der Waals surface area (Å²) in [5, 5.41) is 14.0. The molecule has 0 saturated heterocycles. The van der Waals surface area contributed by atoms with Gasteiger partial charge in [0.2, 0.25) is 0 Å². The molecule has 0 fully saturated rings. The molecular weight excluding hydrogens is 268 g/mol. The van der Waals surface area contributed by atoms with Crippen molar-refractivity contribution in [2.75, 3.05) is 11.9 Å². The summed E-state index contributed by atoms with van der Waals surface area (Å²) in [5.74, 6) is 0.548. The van der Waals surface area contributed by atoms with E-state index in [4.69, 9.17) is 0 Å². The van der Waals surface area contributed by atoms with Crippen molar-refractivity contribution >= 4 is 11.6 Å². The lowest BCUT2D eigenvalue weighted by Crippen LogP contribution is -2.29. The van der Waals surface area contributed by atoms with Crippen LogP contribution < -0.4 is 10.6 Å². The van der Waals surface area contributed by atoms with Crippen molar-refractivity contribution in [3.63, 3.8) is 0 Å². The third kappa shape index (κ3) is 3.56. The van der Waals surface area contributed by atoms with Crippen LogP contribution in [0.4, 0.5) is 5.69 Å². The van der Waals surface area contributed by atoms with Crippen molar-refractivity contribution in [2.45, 2.75) is 26.3 Å². The summed E-state index contributed by atoms with van der Waals surface area (Å²) in [7, 11) is 1.85. The van der Waals surface area contributed by atoms with Crippen LogP contribution >= 0.6 is 0 Å². The maximum atomic E-state index is 12.4. The predicted octanol–water partition coefficient (Wildman–Crippen LogP) is 1.52. The van der Waals surface area contributed by atoms with E-state index >= 15 is 0 Å². The fourth-order valence-corrected chi connectivity index (χ4v) is 2.02. The van der Waals surface area contributed by atoms with Crippen molar-refractivity contribution in [3.05, 3.63) is 36.2 Å². The molecule has 1 unspecified atom stereocenters. The minimum absolute atomic E-state index is 0.161. The number of aromatic nitrogens is 4. The van der Waals surface area contributed by atoms with Crippen LogP contribution in [0.3, 0.4) is 0 Å². The molecule has 0 spiro atoms. The van der Waals surface area contributed by atoms with Crippen LogP contribution in [0.1, 0.15) is 42.5 Å². The molecule has 2 aromatic rings. The molecule has 7 nitrogen and oxygen atoms in total. The summed E-state index contributed by atoms with van der Waals surface area (Å²) in [5.41, 5.74) is 1.31. The second-order valence-electron chi connectivity index (χ2n) is 4.84. The molecule has 21 heavy (non-hydrogen) atoms. The molecule has 0 radical (unpaired) electrons. The van der Waals surface area contributed by atoms with E-state index in [-0.39, 0.29) is 11.9 Å². The van der Waals surface area contributed by atoms with E-state index in [0.717, 1.165) is 18.7 Å². The van der Waals surface area contributed by atoms with Gasteiger partial charge in [0.25, 0.3) is 5.91 Å². The van der Waals surface area contributed by atoms with Crippen LogP contribution in [0.2, 0.25) is 0 Å². The molecule has 0 aliphatic carbocycles. The average Bonchev–Trinajstić information content (AvgIpc) is 2.91. The highest BCUT2D eigenvalue weighted by atomic mass is 16.1. The number of carbonyl (C=O) groups is 1. The molecule has 0 aromatic carbocycles. The van der Waals surface area contributed by atoms with Gasteiger partial charge in [0.1, 0.15) is 6.33 Å². The van der Waals surface area contributed by atoms with Gasteiger partial charge in [-0.05, 0) is 19.4 Å². The maximum Gasteiger partial charge on any atom is 0.254 e. The van der Waals surface area contributed by atoms with Crippen molar-refractivity contribution in [1.82, 2.24) is 25.1 Å². The molecule has 0 bridgehead atoms. The number of nitrogens with one attached hydrogen (secondary N) is 2. The zero-order valence-electron chi connectivity index (χ0n) is 12.5. The number of amides is 1. The summed E-state index contributed by atoms with van der Waals surface area (Å²) in [6, 6.07) is 1.48. The number of anilines is 1. The first-order chi connectivity index (χ1) is 10.1. The molecule has 7 heteroatoms. The van der Waals surface area contributed by atoms with E-state index in [9.17, 15) is 4.79 Å². The van der Waals surface area contributed by atoms with Crippen LogP contribution in [0.25, 0.3) is 0 Å². The Bertz CT molecular complexity index is 609. The van der Waals surface area contributed by atoms with Gasteiger partial charge in [-0.3, -0.25) is 9.78 Å². The number of nitrogens with zero attached hydrogens (tertiary/aromatic N) is 4. The van der Waals surface area contributed by atoms with Crippen LogP contribution in [0.5, 0.6) is 0 Å². The van der Waals surface area contributed by atoms with E-state index in [2.05, 4.69) is 32.7 Å². The molecule has 2 aromatic heterocycles. The fourth-order valence-electron chi connectivity index (χ4n) is 2.02. The molecule has 2 heterocycles. The summed E-state index contributed by atoms with van der Waals surface area (Å²) in [4.78, 5) is 16.5. The van der Waals surface area contributed by atoms with Crippen LogP contribution in [0.15, 0.2) is 24.8 Å². The first-order valence-electron chi connectivity index (χ1n) is 6.96. The molecular formula is C14H20N6O. The summed E-state index contributed by atoms with van der Waals surface area (Å²) in [6.07, 6.45) is 5.86. The Morgan fingerprint density at radius 2 is 2.29 bits per heavy atom. The van der Waals surface area contributed by atoms with E-state index in [1.54, 1.807) is 29.4 Å². The predicted molar refractivity (Wildman–Crippen MR) is 79.9 cm³/mol. The highest BCUT2D eigenvalue weighted by molar-refractivity contribution is 5.99. The van der Waals surface area contributed by atoms with E-state index in [1.165, 1.54) is 0 Å². The first kappa shape index (κ1) is 15.0. The molecule has 0 aliphatic heterocycles. The van der Waals surface area contributed by atoms with Gasteiger partial charge in [0, 0.05) is 19.8 Å². The topological polar surface area (TPSA) is 84.7 Å². The lowest BCUT2D eigenvalue weighted by molar-refractivity contribution is 0.0938. The summed E-state index contributed by atoms with van der Waals surface area (Å²) >= 11 is 0. The van der Waals surface area contributed by atoms with Crippen molar-refractivity contribution in [2.24, 2.45) is 7.05 Å². The number of rotatable bonds is 6. The number of hydrogen-bond donors (Lipinski definition) is 2. The van der Waals surface area contributed by atoms with Gasteiger partial charge >= 0.3 is 0 Å². The lowest BCUT2D eigenvalue weighted by atomic mass is 10.2. The van der Waals surface area contributed by atoms with Crippen LogP contribution in [-0.4, -0.2) is 32.2 Å². The van der Waals surface area contributed by atoms with Crippen molar-refractivity contribution in [1.29, 1.82) is 0 Å². The smallest absolute Gasteiger partial charge is 0.254 e. The quantitative estimate of drug-likeness (QED) is 0.842. The lowest BCUT2D eigenvalue weighted by Gasteiger charge is -2.15. The highest BCUT2D eigenvalue weighted by Gasteiger charge is 2.17. The molecule has 2 rings (SSSR count). The maximum absolute atomic E-state index is 12.4. The second-order valence-corrected chi connectivity index (χ2v) is 4.84. The Morgan fingerprint density at radius 3 is 2.95 bits per heavy atom. The molecule has 0 saturated carbocycles. The zero-order chi connectivity index (χ0) is 15.2. The minimum Gasteiger partial charge on any atom is -0.383 e. The SMILES string of the molecule is CCCNc1cnccc1C(=O)NC(C)c1nncn1C. The van der Waals surface area contributed by atoms with Gasteiger partial charge in [-0.1, -0.05) is 6.92 Å². The Labute approximate surface area is 123 Å². The Hall–Kier alpha value is -2.44. The van der Waals surface area contributed by atoms with E-state index in [0.29, 0.717) is 11.4 Å². The third-order valence-corrected chi connectivity index (χ3v) is 3.11. The van der Waals surface area contributed by atoms with Crippen molar-refractivity contribution in [3.8, 4) is 0 Å². The Kier molecular flexibility index (Phi) is 4.86. The van der Waals surface area contributed by atoms with Gasteiger partial charge in [-0.25, -0.2) is 0 Å². The monoisotopic (exact) mass is 288 g/mol. The average molecular weight is 288 g/mol. The van der Waals surface area contributed by atoms with Gasteiger partial charge in [-0.2, -0.15) is 0 Å². The van der Waals surface area contributed by atoms with Gasteiger partial charge in [0.15, 0.2) is 5.82 Å². The molecule has 1 amide bonds. The standard InChI is InChI=1S/C14H20N6O/c1-4-6-16-12-8-15-7-5-11(12)14(21)18-10(2)13-19-17-9-20(13)3/h5,7-10,16H,4,6H2,1-3H3,(H,18,21). The number of pyridine rings is 1. The molecule has 2 N–H and O–H groups in total. The fraction of sp³-hybridized carbons (Fsp3) is 0.429. The summed E-state index contributed by atoms with van der Waals surface area (Å²) in [6.45, 7) is 4.74. The zero-order valence-corrected chi connectivity index (χ0v) is 12.5. The molecule has 112 valence electrons. The number of carbonyl (C=O) groups excluding carboxylic acids is 1. The molecule has 1 atom stereocenters. The minimum atomic E-state index is -0.225. The van der Waals surface area contributed by atoms with Gasteiger partial charge < -0.3 is 15.2 Å². The third-order valence-electron chi connectivity index (χ3n) is 3.11. The normalized spacial score (nSPS) is 12.0. The van der Waals surface area contributed by atoms with Crippen LogP contribution in [-0.2, 0) is 7.05 Å². The first-order valence-corrected chi connectivity index (χ1v) is 6.96. The van der Waals surface area contributed by atoms with Crippen molar-refractivity contribution < 1.29 is 4.79 Å². The van der Waals surface area contributed by atoms with Gasteiger partial charge in [-0.15, -0.1) is 10.2 Å². The highest BCUT2D eigenvalue weighted by Crippen LogP contribution is 2.15. The Morgan fingerprint density at radius 1 is 1.48 bits per heavy atom. The molecule has 0 aliphatic rings. The largest absolute Gasteiger partial charge is 0.383 e. The van der Waals surface area contributed by atoms with E-state index in [1.807, 2.05) is 14.0 Å². The summed E-state index contributed by atoms with van der Waals surface area (Å²) < 4.78 is 1.79. The van der Waals surface area contributed by atoms with Crippen LogP contribution in [0, 0.1) is 0 Å². The number of aryl methyl sites for hydroxylation is 1. The second kappa shape index (κ2) is 6.83. The van der Waals surface area contributed by atoms with Gasteiger partial charge in [0.05, 0.1) is 23.5 Å². The Balaban J connectivity index is 2.11. The van der Waals surface area contributed by atoms with E-state index < -0.39 is 0 Å². The number of hydrogen-bond acceptors (Lipinski definition) is 5.